The monoisotopic (exact) mass is 574 g/mol. The second-order valence-corrected chi connectivity index (χ2v) is 9.87. The first-order valence-corrected chi connectivity index (χ1v) is 13.2. The SMILES string of the molecule is CC.O=C(c1cc(F)ccc1-c1cc(C2CC2)nc(-n2cc(C(F)(F)F)c3cc(CO)[nH]c3c2=O)c1)N1CC(F)C1. The molecule has 0 spiro atoms. The zero-order chi connectivity index (χ0) is 29.6. The highest BCUT2D eigenvalue weighted by Crippen LogP contribution is 2.41. The van der Waals surface area contributed by atoms with Crippen LogP contribution in [0.2, 0.25) is 0 Å². The molecule has 216 valence electrons. The molecule has 2 aliphatic rings. The molecule has 3 aromatic heterocycles. The fraction of sp³-hybridized carbons (Fsp3) is 0.345. The van der Waals surface area contributed by atoms with E-state index in [1.165, 1.54) is 17.0 Å². The van der Waals surface area contributed by atoms with Crippen LogP contribution in [-0.4, -0.2) is 49.7 Å². The van der Waals surface area contributed by atoms with E-state index in [1.54, 1.807) is 6.07 Å². The molecule has 12 heteroatoms. The number of hydrogen-bond donors (Lipinski definition) is 2. The van der Waals surface area contributed by atoms with E-state index in [0.29, 0.717) is 17.5 Å². The number of alkyl halides is 4. The Bertz CT molecular complexity index is 1680. The summed E-state index contributed by atoms with van der Waals surface area (Å²) in [5, 5.41) is 9.05. The molecule has 1 saturated heterocycles. The molecule has 4 aromatic rings. The molecule has 41 heavy (non-hydrogen) atoms. The van der Waals surface area contributed by atoms with Crippen LogP contribution >= 0.6 is 0 Å². The number of amides is 1. The first-order chi connectivity index (χ1) is 19.5. The summed E-state index contributed by atoms with van der Waals surface area (Å²) >= 11 is 0. The predicted molar refractivity (Wildman–Crippen MR) is 142 cm³/mol. The fourth-order valence-electron chi connectivity index (χ4n) is 4.86. The molecule has 6 rings (SSSR count). The molecule has 0 radical (unpaired) electrons. The number of hydrogen-bond acceptors (Lipinski definition) is 4. The molecule has 1 aliphatic heterocycles. The molecule has 0 atom stereocenters. The second-order valence-electron chi connectivity index (χ2n) is 9.87. The number of aromatic nitrogens is 3. The van der Waals surface area contributed by atoms with Crippen molar-refractivity contribution in [3.8, 4) is 16.9 Å². The standard InChI is InChI=1S/C27H21F5N4O3.C2H6/c28-15-3-4-18(19(7-15)25(38)35-9-16(29)10-35)14-5-22(13-1-2-13)34-23(6-14)36-11-21(27(30,31)32)20-8-17(12-37)33-24(20)26(36)39;1-2/h3-8,11,13,16,33,37H,1-2,9-10,12H2;1-2H3. The maximum atomic E-state index is 14.2. The Hall–Kier alpha value is -4.06. The van der Waals surface area contributed by atoms with Gasteiger partial charge in [0.2, 0.25) is 0 Å². The summed E-state index contributed by atoms with van der Waals surface area (Å²) in [7, 11) is 0. The molecule has 1 aliphatic carbocycles. The Morgan fingerprint density at radius 1 is 1.12 bits per heavy atom. The third-order valence-electron chi connectivity index (χ3n) is 7.05. The van der Waals surface area contributed by atoms with Crippen molar-refractivity contribution < 1.29 is 31.9 Å². The van der Waals surface area contributed by atoms with Crippen molar-refractivity contribution in [2.75, 3.05) is 13.1 Å². The average molecular weight is 575 g/mol. The Morgan fingerprint density at radius 3 is 2.44 bits per heavy atom. The van der Waals surface area contributed by atoms with Crippen LogP contribution in [0.25, 0.3) is 27.8 Å². The molecule has 0 bridgehead atoms. The van der Waals surface area contributed by atoms with Gasteiger partial charge in [-0.1, -0.05) is 19.9 Å². The van der Waals surface area contributed by atoms with Gasteiger partial charge in [0.15, 0.2) is 0 Å². The van der Waals surface area contributed by atoms with E-state index >= 15 is 0 Å². The number of likely N-dealkylation sites (tertiary alicyclic amines) is 1. The largest absolute Gasteiger partial charge is 0.418 e. The minimum absolute atomic E-state index is 0.0129. The number of nitrogens with one attached hydrogen (secondary N) is 1. The van der Waals surface area contributed by atoms with Crippen LogP contribution in [-0.2, 0) is 12.8 Å². The Labute approximate surface area is 231 Å². The molecule has 1 aromatic carbocycles. The summed E-state index contributed by atoms with van der Waals surface area (Å²) in [5.41, 5.74) is -1.09. The van der Waals surface area contributed by atoms with Crippen molar-refractivity contribution in [3.63, 3.8) is 0 Å². The highest BCUT2D eigenvalue weighted by Gasteiger charge is 2.36. The summed E-state index contributed by atoms with van der Waals surface area (Å²) in [4.78, 5) is 34.7. The van der Waals surface area contributed by atoms with E-state index < -0.39 is 41.8 Å². The maximum absolute atomic E-state index is 14.2. The Morgan fingerprint density at radius 2 is 1.83 bits per heavy atom. The van der Waals surface area contributed by atoms with Gasteiger partial charge in [0, 0.05) is 28.9 Å². The van der Waals surface area contributed by atoms with Gasteiger partial charge in [-0.3, -0.25) is 14.2 Å². The van der Waals surface area contributed by atoms with Gasteiger partial charge in [0.1, 0.15) is 23.3 Å². The first kappa shape index (κ1) is 28.5. The summed E-state index contributed by atoms with van der Waals surface area (Å²) in [6.07, 6.45) is -3.74. The van der Waals surface area contributed by atoms with E-state index in [9.17, 15) is 36.6 Å². The van der Waals surface area contributed by atoms with E-state index in [1.807, 2.05) is 13.8 Å². The number of H-pyrrole nitrogens is 1. The van der Waals surface area contributed by atoms with Gasteiger partial charge in [0.25, 0.3) is 11.5 Å². The van der Waals surface area contributed by atoms with Crippen molar-refractivity contribution >= 4 is 16.8 Å². The van der Waals surface area contributed by atoms with Gasteiger partial charge in [-0.25, -0.2) is 13.8 Å². The molecule has 1 amide bonds. The lowest BCUT2D eigenvalue weighted by atomic mass is 9.96. The van der Waals surface area contributed by atoms with E-state index in [0.717, 1.165) is 35.6 Å². The molecular formula is C29H27F5N4O3. The maximum Gasteiger partial charge on any atom is 0.418 e. The van der Waals surface area contributed by atoms with Crippen molar-refractivity contribution in [3.05, 3.63) is 81.3 Å². The van der Waals surface area contributed by atoms with Gasteiger partial charge < -0.3 is 15.0 Å². The van der Waals surface area contributed by atoms with E-state index in [-0.39, 0.29) is 52.5 Å². The topological polar surface area (TPSA) is 91.2 Å². The smallest absolute Gasteiger partial charge is 0.390 e. The highest BCUT2D eigenvalue weighted by atomic mass is 19.4. The minimum atomic E-state index is -4.82. The number of rotatable bonds is 5. The minimum Gasteiger partial charge on any atom is -0.390 e. The Kier molecular flexibility index (Phi) is 7.45. The lowest BCUT2D eigenvalue weighted by molar-refractivity contribution is -0.136. The zero-order valence-electron chi connectivity index (χ0n) is 22.2. The number of fused-ring (bicyclic) bond motifs is 1. The number of pyridine rings is 2. The Balaban J connectivity index is 0.00000165. The first-order valence-electron chi connectivity index (χ1n) is 13.2. The molecule has 4 heterocycles. The second kappa shape index (κ2) is 10.7. The lowest BCUT2D eigenvalue weighted by Crippen LogP contribution is -2.51. The number of carbonyl (C=O) groups excluding carboxylic acids is 1. The molecule has 1 saturated carbocycles. The fourth-order valence-corrected chi connectivity index (χ4v) is 4.86. The molecule has 0 unspecified atom stereocenters. The molecule has 2 N–H and O–H groups in total. The van der Waals surface area contributed by atoms with Crippen LogP contribution in [0, 0.1) is 5.82 Å². The van der Waals surface area contributed by atoms with Gasteiger partial charge in [0.05, 0.1) is 30.8 Å². The van der Waals surface area contributed by atoms with Crippen LogP contribution in [0.15, 0.2) is 47.4 Å². The summed E-state index contributed by atoms with van der Waals surface area (Å²) in [5.74, 6) is -1.36. The number of aliphatic hydroxyl groups excluding tert-OH is 1. The molecule has 2 fully saturated rings. The van der Waals surface area contributed by atoms with Gasteiger partial charge in [-0.05, 0) is 54.3 Å². The normalized spacial score (nSPS) is 15.5. The number of aliphatic hydroxyl groups is 1. The third-order valence-corrected chi connectivity index (χ3v) is 7.05. The van der Waals surface area contributed by atoms with Gasteiger partial charge >= 0.3 is 6.18 Å². The molecular weight excluding hydrogens is 547 g/mol. The summed E-state index contributed by atoms with van der Waals surface area (Å²) < 4.78 is 70.5. The quantitative estimate of drug-likeness (QED) is 0.298. The molecule has 7 nitrogen and oxygen atoms in total. The van der Waals surface area contributed by atoms with Crippen LogP contribution in [0.1, 0.15) is 59.9 Å². The number of halogens is 5. The van der Waals surface area contributed by atoms with Crippen LogP contribution in [0.3, 0.4) is 0 Å². The van der Waals surface area contributed by atoms with Crippen LogP contribution < -0.4 is 5.56 Å². The van der Waals surface area contributed by atoms with Crippen LogP contribution in [0.5, 0.6) is 0 Å². The highest BCUT2D eigenvalue weighted by molar-refractivity contribution is 6.01. The lowest BCUT2D eigenvalue weighted by Gasteiger charge is -2.34. The summed E-state index contributed by atoms with van der Waals surface area (Å²) in [6, 6.07) is 7.68. The van der Waals surface area contributed by atoms with Crippen LogP contribution in [0.4, 0.5) is 22.0 Å². The van der Waals surface area contributed by atoms with E-state index in [4.69, 9.17) is 0 Å². The van der Waals surface area contributed by atoms with Crippen molar-refractivity contribution in [2.24, 2.45) is 0 Å². The van der Waals surface area contributed by atoms with Gasteiger partial charge in [-0.2, -0.15) is 13.2 Å². The number of carbonyl (C=O) groups is 1. The van der Waals surface area contributed by atoms with E-state index in [2.05, 4.69) is 9.97 Å². The van der Waals surface area contributed by atoms with Gasteiger partial charge in [-0.15, -0.1) is 0 Å². The number of benzene rings is 1. The zero-order valence-corrected chi connectivity index (χ0v) is 22.2. The van der Waals surface area contributed by atoms with Crippen molar-refractivity contribution in [2.45, 2.75) is 51.6 Å². The average Bonchev–Trinajstić information content (AvgIpc) is 3.69. The number of aromatic amines is 1. The van der Waals surface area contributed by atoms with Crippen molar-refractivity contribution in [1.82, 2.24) is 19.4 Å². The third kappa shape index (κ3) is 5.35. The summed E-state index contributed by atoms with van der Waals surface area (Å²) in [6.45, 7) is 3.17. The van der Waals surface area contributed by atoms with Crippen molar-refractivity contribution in [1.29, 1.82) is 0 Å². The number of nitrogens with zero attached hydrogens (tertiary/aromatic N) is 3. The predicted octanol–water partition coefficient (Wildman–Crippen LogP) is 5.73.